The number of nitrogens with two attached hydrogens (primary N) is 1. The molecule has 1 rings (SSSR count). The van der Waals surface area contributed by atoms with Crippen LogP contribution in [0.3, 0.4) is 0 Å². The van der Waals surface area contributed by atoms with Crippen molar-refractivity contribution >= 4 is 5.82 Å². The van der Waals surface area contributed by atoms with E-state index >= 15 is 0 Å². The van der Waals surface area contributed by atoms with Gasteiger partial charge in [0.1, 0.15) is 5.82 Å². The van der Waals surface area contributed by atoms with Crippen molar-refractivity contribution in [2.45, 2.75) is 13.3 Å². The van der Waals surface area contributed by atoms with Crippen molar-refractivity contribution in [1.82, 2.24) is 4.98 Å². The van der Waals surface area contributed by atoms with Crippen LogP contribution in [0.2, 0.25) is 0 Å². The molecule has 0 aliphatic carbocycles. The van der Waals surface area contributed by atoms with Gasteiger partial charge in [0.2, 0.25) is 0 Å². The number of aromatic nitrogens is 1. The van der Waals surface area contributed by atoms with Gasteiger partial charge in [0, 0.05) is 0 Å². The average molecular weight is 192 g/mol. The first-order chi connectivity index (χ1) is 5.88. The van der Waals surface area contributed by atoms with Crippen molar-refractivity contribution < 1.29 is 17.9 Å². The molecule has 1 aromatic heterocycles. The number of rotatable bonds is 1. The van der Waals surface area contributed by atoms with Crippen molar-refractivity contribution in [2.24, 2.45) is 0 Å². The third-order valence-electron chi connectivity index (χ3n) is 1.31. The number of ether oxygens (including phenoxy) is 1. The summed E-state index contributed by atoms with van der Waals surface area (Å²) in [6.07, 6.45) is -3.75. The van der Waals surface area contributed by atoms with Crippen molar-refractivity contribution in [2.75, 3.05) is 5.73 Å². The highest BCUT2D eigenvalue weighted by Crippen LogP contribution is 2.25. The third kappa shape index (κ3) is 2.81. The number of anilines is 1. The average Bonchev–Trinajstić information content (AvgIpc) is 1.93. The molecule has 0 bridgehead atoms. The van der Waals surface area contributed by atoms with Gasteiger partial charge in [-0.3, -0.25) is 0 Å². The van der Waals surface area contributed by atoms with E-state index in [1.165, 1.54) is 13.0 Å². The van der Waals surface area contributed by atoms with Gasteiger partial charge in [0.15, 0.2) is 5.75 Å². The van der Waals surface area contributed by atoms with Crippen LogP contribution in [0.1, 0.15) is 5.56 Å². The molecule has 0 amide bonds. The Balaban J connectivity index is 2.90. The van der Waals surface area contributed by atoms with Gasteiger partial charge in [0.25, 0.3) is 0 Å². The lowest BCUT2D eigenvalue weighted by molar-refractivity contribution is -0.274. The van der Waals surface area contributed by atoms with Crippen LogP contribution in [0, 0.1) is 6.92 Å². The zero-order valence-electron chi connectivity index (χ0n) is 6.72. The van der Waals surface area contributed by atoms with E-state index in [-0.39, 0.29) is 11.6 Å². The van der Waals surface area contributed by atoms with Crippen LogP contribution in [-0.2, 0) is 0 Å². The Labute approximate surface area is 72.3 Å². The van der Waals surface area contributed by atoms with E-state index < -0.39 is 6.36 Å². The zero-order valence-corrected chi connectivity index (χ0v) is 6.72. The number of aryl methyl sites for hydroxylation is 1. The molecule has 0 unspecified atom stereocenters. The first kappa shape index (κ1) is 9.63. The fraction of sp³-hybridized carbons (Fsp3) is 0.286. The van der Waals surface area contributed by atoms with E-state index in [0.717, 1.165) is 6.20 Å². The Hall–Kier alpha value is -1.46. The standard InChI is InChI=1S/C7H7F3N2O/c1-4-2-6(11)12-3-5(4)13-7(8,9)10/h2-3H,1H3,(H2,11,12). The maximum absolute atomic E-state index is 11.7. The topological polar surface area (TPSA) is 48.1 Å². The number of hydrogen-bond acceptors (Lipinski definition) is 3. The van der Waals surface area contributed by atoms with E-state index in [2.05, 4.69) is 9.72 Å². The maximum Gasteiger partial charge on any atom is 0.573 e. The van der Waals surface area contributed by atoms with E-state index in [1.807, 2.05) is 0 Å². The Morgan fingerprint density at radius 1 is 1.46 bits per heavy atom. The highest BCUT2D eigenvalue weighted by atomic mass is 19.4. The van der Waals surface area contributed by atoms with Gasteiger partial charge in [-0.25, -0.2) is 4.98 Å². The fourth-order valence-electron chi connectivity index (χ4n) is 0.797. The normalized spacial score (nSPS) is 11.4. The van der Waals surface area contributed by atoms with Gasteiger partial charge in [-0.15, -0.1) is 13.2 Å². The molecule has 0 radical (unpaired) electrons. The summed E-state index contributed by atoms with van der Waals surface area (Å²) in [5, 5.41) is 0. The highest BCUT2D eigenvalue weighted by molar-refractivity contribution is 5.39. The molecule has 6 heteroatoms. The molecule has 0 saturated heterocycles. The van der Waals surface area contributed by atoms with Crippen LogP contribution in [0.4, 0.5) is 19.0 Å². The third-order valence-corrected chi connectivity index (χ3v) is 1.31. The number of nitrogens with zero attached hydrogens (tertiary/aromatic N) is 1. The summed E-state index contributed by atoms with van der Waals surface area (Å²) < 4.78 is 38.9. The van der Waals surface area contributed by atoms with E-state index in [0.29, 0.717) is 5.56 Å². The first-order valence-electron chi connectivity index (χ1n) is 3.36. The second-order valence-corrected chi connectivity index (χ2v) is 2.42. The number of pyridine rings is 1. The van der Waals surface area contributed by atoms with Gasteiger partial charge in [-0.1, -0.05) is 0 Å². The molecule has 0 aliphatic rings. The zero-order chi connectivity index (χ0) is 10.1. The van der Waals surface area contributed by atoms with Crippen LogP contribution in [0.15, 0.2) is 12.3 Å². The summed E-state index contributed by atoms with van der Waals surface area (Å²) in [4.78, 5) is 3.48. The Bertz CT molecular complexity index is 311. The predicted octanol–water partition coefficient (Wildman–Crippen LogP) is 1.87. The van der Waals surface area contributed by atoms with Crippen LogP contribution in [0.5, 0.6) is 5.75 Å². The minimum Gasteiger partial charge on any atom is -0.404 e. The molecule has 0 atom stereocenters. The molecule has 0 aromatic carbocycles. The summed E-state index contributed by atoms with van der Waals surface area (Å²) in [6.45, 7) is 1.46. The highest BCUT2D eigenvalue weighted by Gasteiger charge is 2.31. The quantitative estimate of drug-likeness (QED) is 0.738. The predicted molar refractivity (Wildman–Crippen MR) is 40.1 cm³/mol. The molecule has 1 heterocycles. The van der Waals surface area contributed by atoms with Crippen LogP contribution < -0.4 is 10.5 Å². The minimum absolute atomic E-state index is 0.159. The van der Waals surface area contributed by atoms with Crippen LogP contribution >= 0.6 is 0 Å². The molecule has 0 aliphatic heterocycles. The molecule has 0 saturated carbocycles. The summed E-state index contributed by atoms with van der Waals surface area (Å²) >= 11 is 0. The van der Waals surface area contributed by atoms with Crippen molar-refractivity contribution in [3.05, 3.63) is 17.8 Å². The van der Waals surface area contributed by atoms with Gasteiger partial charge in [-0.2, -0.15) is 0 Å². The Morgan fingerprint density at radius 2 is 2.08 bits per heavy atom. The smallest absolute Gasteiger partial charge is 0.404 e. The van der Waals surface area contributed by atoms with Gasteiger partial charge < -0.3 is 10.5 Å². The Morgan fingerprint density at radius 3 is 2.54 bits per heavy atom. The van der Waals surface area contributed by atoms with Crippen molar-refractivity contribution in [3.63, 3.8) is 0 Å². The molecular weight excluding hydrogens is 185 g/mol. The van der Waals surface area contributed by atoms with Crippen molar-refractivity contribution in [3.8, 4) is 5.75 Å². The SMILES string of the molecule is Cc1cc(N)ncc1OC(F)(F)F. The summed E-state index contributed by atoms with van der Waals surface area (Å²) in [6, 6.07) is 1.31. The fourth-order valence-corrected chi connectivity index (χ4v) is 0.797. The van der Waals surface area contributed by atoms with Gasteiger partial charge in [-0.05, 0) is 18.6 Å². The van der Waals surface area contributed by atoms with Gasteiger partial charge in [0.05, 0.1) is 6.20 Å². The van der Waals surface area contributed by atoms with Gasteiger partial charge >= 0.3 is 6.36 Å². The Kier molecular flexibility index (Phi) is 2.31. The van der Waals surface area contributed by atoms with E-state index in [9.17, 15) is 13.2 Å². The first-order valence-corrected chi connectivity index (χ1v) is 3.36. The second kappa shape index (κ2) is 3.12. The van der Waals surface area contributed by atoms with Crippen LogP contribution in [0.25, 0.3) is 0 Å². The molecule has 0 fully saturated rings. The monoisotopic (exact) mass is 192 g/mol. The van der Waals surface area contributed by atoms with E-state index in [1.54, 1.807) is 0 Å². The summed E-state index contributed by atoms with van der Waals surface area (Å²) in [5.74, 6) is -0.172. The number of alkyl halides is 3. The molecule has 0 spiro atoms. The molecule has 1 aromatic rings. The van der Waals surface area contributed by atoms with Crippen LogP contribution in [-0.4, -0.2) is 11.3 Å². The number of halogens is 3. The maximum atomic E-state index is 11.7. The molecule has 13 heavy (non-hydrogen) atoms. The number of nitrogen functional groups attached to an aromatic ring is 1. The summed E-state index contributed by atoms with van der Waals surface area (Å²) in [5.41, 5.74) is 5.54. The number of hydrogen-bond donors (Lipinski definition) is 1. The van der Waals surface area contributed by atoms with Crippen molar-refractivity contribution in [1.29, 1.82) is 0 Å². The second-order valence-electron chi connectivity index (χ2n) is 2.42. The lowest BCUT2D eigenvalue weighted by Crippen LogP contribution is -2.18. The minimum atomic E-state index is -4.69. The van der Waals surface area contributed by atoms with E-state index in [4.69, 9.17) is 5.73 Å². The molecule has 2 N–H and O–H groups in total. The molecular formula is C7H7F3N2O. The molecule has 72 valence electrons. The lowest BCUT2D eigenvalue weighted by Gasteiger charge is -2.10. The molecule has 3 nitrogen and oxygen atoms in total. The largest absolute Gasteiger partial charge is 0.573 e. The summed E-state index contributed by atoms with van der Waals surface area (Å²) in [7, 11) is 0. The lowest BCUT2D eigenvalue weighted by atomic mass is 10.3.